The number of pyridine rings is 1. The molecule has 2 aromatic heterocycles. The summed E-state index contributed by atoms with van der Waals surface area (Å²) in [6, 6.07) is 9.00. The van der Waals surface area contributed by atoms with Crippen molar-refractivity contribution >= 4 is 34.5 Å². The van der Waals surface area contributed by atoms with Crippen LogP contribution in [-0.2, 0) is 16.1 Å². The molecular weight excluding hydrogens is 404 g/mol. The van der Waals surface area contributed by atoms with Gasteiger partial charge < -0.3 is 10.1 Å². The van der Waals surface area contributed by atoms with E-state index in [1.165, 1.54) is 0 Å². The van der Waals surface area contributed by atoms with Gasteiger partial charge in [0, 0.05) is 23.3 Å². The summed E-state index contributed by atoms with van der Waals surface area (Å²) in [7, 11) is 0. The number of amides is 1. The minimum Gasteiger partial charge on any atom is -0.452 e. The zero-order chi connectivity index (χ0) is 21.8. The van der Waals surface area contributed by atoms with Crippen LogP contribution in [0.2, 0.25) is 5.02 Å². The number of hydrogen-bond donors (Lipinski definition) is 1. The number of carbonyl (C=O) groups excluding carboxylic acids is 2. The quantitative estimate of drug-likeness (QED) is 0.568. The molecule has 0 saturated heterocycles. The summed E-state index contributed by atoms with van der Waals surface area (Å²) >= 11 is 5.94. The fourth-order valence-electron chi connectivity index (χ4n) is 2.99. The molecule has 1 N–H and O–H groups in total. The first-order valence-corrected chi connectivity index (χ1v) is 10.2. The van der Waals surface area contributed by atoms with Crippen molar-refractivity contribution in [2.24, 2.45) is 0 Å². The van der Waals surface area contributed by atoms with Gasteiger partial charge in [0.2, 0.25) is 0 Å². The molecule has 1 aromatic carbocycles. The molecule has 0 aliphatic heterocycles. The molecule has 0 aliphatic rings. The van der Waals surface area contributed by atoms with E-state index in [0.717, 1.165) is 11.3 Å². The van der Waals surface area contributed by atoms with Crippen molar-refractivity contribution in [1.82, 2.24) is 20.1 Å². The minimum absolute atomic E-state index is 0.0959. The van der Waals surface area contributed by atoms with Gasteiger partial charge in [-0.05, 0) is 43.5 Å². The van der Waals surface area contributed by atoms with Gasteiger partial charge in [-0.2, -0.15) is 5.10 Å². The van der Waals surface area contributed by atoms with E-state index in [-0.39, 0.29) is 18.6 Å². The number of rotatable bonds is 7. The van der Waals surface area contributed by atoms with Crippen molar-refractivity contribution in [3.63, 3.8) is 0 Å². The Morgan fingerprint density at radius 3 is 2.63 bits per heavy atom. The predicted octanol–water partition coefficient (Wildman–Crippen LogP) is 4.26. The van der Waals surface area contributed by atoms with Crippen LogP contribution < -0.4 is 5.32 Å². The number of halogens is 1. The lowest BCUT2D eigenvalue weighted by Crippen LogP contribution is -2.28. The Morgan fingerprint density at radius 2 is 1.97 bits per heavy atom. The first-order valence-electron chi connectivity index (χ1n) is 9.82. The number of nitrogens with one attached hydrogen (secondary N) is 1. The molecule has 2 heterocycles. The van der Waals surface area contributed by atoms with Crippen molar-refractivity contribution < 1.29 is 14.3 Å². The Labute approximate surface area is 180 Å². The summed E-state index contributed by atoms with van der Waals surface area (Å²) in [5, 5.41) is 8.28. The summed E-state index contributed by atoms with van der Waals surface area (Å²) in [4.78, 5) is 29.5. The maximum atomic E-state index is 12.8. The SMILES string of the molecule is CC(C)c1cc(C(=O)OCC(=O)NCc2cccc(Cl)c2)c2cnn(C(C)C)c2n1. The van der Waals surface area contributed by atoms with Crippen molar-refractivity contribution in [3.05, 3.63) is 58.4 Å². The third-order valence-corrected chi connectivity index (χ3v) is 4.84. The predicted molar refractivity (Wildman–Crippen MR) is 116 cm³/mol. The van der Waals surface area contributed by atoms with Crippen molar-refractivity contribution in [2.45, 2.75) is 46.2 Å². The summed E-state index contributed by atoms with van der Waals surface area (Å²) in [6.45, 7) is 7.93. The van der Waals surface area contributed by atoms with Crippen molar-refractivity contribution in [1.29, 1.82) is 0 Å². The number of fused-ring (bicyclic) bond motifs is 1. The van der Waals surface area contributed by atoms with E-state index in [0.29, 0.717) is 28.2 Å². The highest BCUT2D eigenvalue weighted by atomic mass is 35.5. The normalized spacial score (nSPS) is 11.3. The zero-order valence-corrected chi connectivity index (χ0v) is 18.2. The topological polar surface area (TPSA) is 86.1 Å². The first kappa shape index (κ1) is 21.8. The van der Waals surface area contributed by atoms with Crippen LogP contribution in [0.3, 0.4) is 0 Å². The highest BCUT2D eigenvalue weighted by molar-refractivity contribution is 6.30. The molecule has 30 heavy (non-hydrogen) atoms. The first-order chi connectivity index (χ1) is 14.3. The van der Waals surface area contributed by atoms with E-state index < -0.39 is 11.9 Å². The lowest BCUT2D eigenvalue weighted by Gasteiger charge is -2.12. The van der Waals surface area contributed by atoms with Crippen LogP contribution >= 0.6 is 11.6 Å². The summed E-state index contributed by atoms with van der Waals surface area (Å²) < 4.78 is 7.05. The fourth-order valence-corrected chi connectivity index (χ4v) is 3.20. The van der Waals surface area contributed by atoms with Crippen LogP contribution in [0.5, 0.6) is 0 Å². The maximum absolute atomic E-state index is 12.8. The van der Waals surface area contributed by atoms with Crippen LogP contribution in [0.25, 0.3) is 11.0 Å². The number of benzene rings is 1. The average Bonchev–Trinajstić information content (AvgIpc) is 3.14. The van der Waals surface area contributed by atoms with Gasteiger partial charge in [-0.15, -0.1) is 0 Å². The fraction of sp³-hybridized carbons (Fsp3) is 0.364. The third-order valence-electron chi connectivity index (χ3n) is 4.60. The van der Waals surface area contributed by atoms with E-state index in [2.05, 4.69) is 15.4 Å². The molecule has 0 spiro atoms. The molecule has 0 unspecified atom stereocenters. The smallest absolute Gasteiger partial charge is 0.339 e. The molecule has 3 rings (SSSR count). The number of carbonyl (C=O) groups is 2. The Hall–Kier alpha value is -2.93. The Bertz CT molecular complexity index is 1080. The molecule has 1 amide bonds. The van der Waals surface area contributed by atoms with Crippen LogP contribution in [0.1, 0.15) is 61.3 Å². The van der Waals surface area contributed by atoms with Gasteiger partial charge in [0.05, 0.1) is 17.1 Å². The van der Waals surface area contributed by atoms with Crippen LogP contribution in [0, 0.1) is 0 Å². The van der Waals surface area contributed by atoms with E-state index in [4.69, 9.17) is 16.3 Å². The van der Waals surface area contributed by atoms with Crippen molar-refractivity contribution in [2.75, 3.05) is 6.61 Å². The zero-order valence-electron chi connectivity index (χ0n) is 17.5. The molecule has 3 aromatic rings. The summed E-state index contributed by atoms with van der Waals surface area (Å²) in [5.74, 6) is -0.849. The van der Waals surface area contributed by atoms with Gasteiger partial charge >= 0.3 is 5.97 Å². The third kappa shape index (κ3) is 4.97. The van der Waals surface area contributed by atoms with E-state index in [1.54, 1.807) is 29.1 Å². The molecule has 0 fully saturated rings. The highest BCUT2D eigenvalue weighted by Gasteiger charge is 2.20. The number of esters is 1. The lowest BCUT2D eigenvalue weighted by atomic mass is 10.1. The van der Waals surface area contributed by atoms with Gasteiger partial charge in [0.25, 0.3) is 5.91 Å². The van der Waals surface area contributed by atoms with E-state index in [9.17, 15) is 9.59 Å². The highest BCUT2D eigenvalue weighted by Crippen LogP contribution is 2.25. The summed E-state index contributed by atoms with van der Waals surface area (Å²) in [6.07, 6.45) is 1.61. The van der Waals surface area contributed by atoms with Crippen LogP contribution in [0.4, 0.5) is 0 Å². The molecule has 0 bridgehead atoms. The second-order valence-corrected chi connectivity index (χ2v) is 8.09. The Morgan fingerprint density at radius 1 is 1.20 bits per heavy atom. The molecule has 0 atom stereocenters. The number of ether oxygens (including phenoxy) is 1. The average molecular weight is 429 g/mol. The Kier molecular flexibility index (Phi) is 6.72. The minimum atomic E-state index is -0.578. The Balaban J connectivity index is 1.72. The molecule has 0 saturated carbocycles. The lowest BCUT2D eigenvalue weighted by molar-refractivity contribution is -0.124. The molecule has 7 nitrogen and oxygen atoms in total. The maximum Gasteiger partial charge on any atom is 0.339 e. The second-order valence-electron chi connectivity index (χ2n) is 7.65. The summed E-state index contributed by atoms with van der Waals surface area (Å²) in [5.41, 5.74) is 2.62. The number of hydrogen-bond acceptors (Lipinski definition) is 5. The van der Waals surface area contributed by atoms with Gasteiger partial charge in [0.1, 0.15) is 0 Å². The van der Waals surface area contributed by atoms with Gasteiger partial charge in [-0.25, -0.2) is 14.5 Å². The standard InChI is InChI=1S/C22H25ClN4O3/c1-13(2)19-9-17(18-11-25-27(14(3)4)21(18)26-19)22(29)30-12-20(28)24-10-15-6-5-7-16(23)8-15/h5-9,11,13-14H,10,12H2,1-4H3,(H,24,28). The van der Waals surface area contributed by atoms with Gasteiger partial charge in [0.15, 0.2) is 12.3 Å². The second kappa shape index (κ2) is 9.26. The molecule has 158 valence electrons. The van der Waals surface area contributed by atoms with Gasteiger partial charge in [-0.3, -0.25) is 4.79 Å². The van der Waals surface area contributed by atoms with Crippen LogP contribution in [-0.4, -0.2) is 33.2 Å². The molecular formula is C22H25ClN4O3. The van der Waals surface area contributed by atoms with E-state index in [1.807, 2.05) is 39.8 Å². The van der Waals surface area contributed by atoms with E-state index >= 15 is 0 Å². The monoisotopic (exact) mass is 428 g/mol. The molecule has 0 aliphatic carbocycles. The number of aromatic nitrogens is 3. The van der Waals surface area contributed by atoms with Crippen molar-refractivity contribution in [3.8, 4) is 0 Å². The van der Waals surface area contributed by atoms with Gasteiger partial charge in [-0.1, -0.05) is 37.6 Å². The largest absolute Gasteiger partial charge is 0.452 e. The molecule has 0 radical (unpaired) electrons. The molecule has 8 heteroatoms. The number of nitrogens with zero attached hydrogens (tertiary/aromatic N) is 3. The van der Waals surface area contributed by atoms with Crippen LogP contribution in [0.15, 0.2) is 36.5 Å².